The van der Waals surface area contributed by atoms with Gasteiger partial charge >= 0.3 is 18.9 Å². The van der Waals surface area contributed by atoms with Crippen LogP contribution in [-0.4, -0.2) is 24.8 Å². The van der Waals surface area contributed by atoms with Gasteiger partial charge in [0.25, 0.3) is 0 Å². The van der Waals surface area contributed by atoms with Gasteiger partial charge in [0.15, 0.2) is 5.78 Å². The number of aliphatic hydroxyl groups is 2. The van der Waals surface area contributed by atoms with E-state index in [1.165, 1.54) is 88.1 Å². The minimum Gasteiger partial charge on any atom is -0.376 e. The predicted octanol–water partition coefficient (Wildman–Crippen LogP) is 14.4. The van der Waals surface area contributed by atoms with Crippen molar-refractivity contribution in [2.24, 2.45) is 0 Å². The first-order chi connectivity index (χ1) is 38.1. The molecule has 0 saturated carbocycles. The second-order valence-corrected chi connectivity index (χ2v) is 26.4. The molecule has 3 nitrogen and oxygen atoms in total. The molecule has 0 unspecified atom stereocenters. The number of rotatable bonds is 6. The molecule has 0 heterocycles. The van der Waals surface area contributed by atoms with Crippen LogP contribution >= 0.6 is 15.9 Å². The van der Waals surface area contributed by atoms with Crippen LogP contribution in [0.3, 0.4) is 0 Å². The number of hydrogen-bond donors (Lipinski definition) is 2. The van der Waals surface area contributed by atoms with Crippen LogP contribution in [0.1, 0.15) is 123 Å². The number of benzene rings is 9. The zero-order chi connectivity index (χ0) is 54.4. The van der Waals surface area contributed by atoms with Gasteiger partial charge < -0.3 is 17.1 Å². The van der Waals surface area contributed by atoms with Crippen molar-refractivity contribution in [1.29, 1.82) is 0 Å². The van der Waals surface area contributed by atoms with Crippen molar-refractivity contribution in [3.05, 3.63) is 289 Å². The average Bonchev–Trinajstić information content (AvgIpc) is 3.76. The maximum Gasteiger partial charge on any atom is 1.00 e. The average molecular weight is 1110 g/mol. The van der Waals surface area contributed by atoms with Crippen molar-refractivity contribution in [3.8, 4) is 33.4 Å². The first-order valence-corrected chi connectivity index (χ1v) is 31.7. The molecule has 0 spiro atoms. The van der Waals surface area contributed by atoms with Crippen LogP contribution in [0, 0.1) is 6.92 Å². The van der Waals surface area contributed by atoms with Crippen LogP contribution in [0.25, 0.3) is 33.4 Å². The molecule has 6 aliphatic carbocycles. The molecular formula is C73H72BrLiO3Si. The van der Waals surface area contributed by atoms with Crippen LogP contribution in [-0.2, 0) is 49.7 Å². The fraction of sp³-hybridized carbons (Fsp3) is 0.233. The molecule has 6 aliphatic rings. The number of carbonyl (C=O) groups is 1. The molecule has 394 valence electrons. The molecule has 0 bridgehead atoms. The van der Waals surface area contributed by atoms with Crippen molar-refractivity contribution in [2.75, 3.05) is 0 Å². The molecule has 0 amide bonds. The Kier molecular flexibility index (Phi) is 18.6. The van der Waals surface area contributed by atoms with E-state index in [9.17, 15) is 15.0 Å². The number of ketones is 1. The molecule has 0 fully saturated rings. The van der Waals surface area contributed by atoms with Crippen LogP contribution in [0.4, 0.5) is 0 Å². The van der Waals surface area contributed by atoms with Crippen LogP contribution in [0.5, 0.6) is 0 Å². The molecule has 6 heteroatoms. The van der Waals surface area contributed by atoms with Crippen molar-refractivity contribution < 1.29 is 33.9 Å². The van der Waals surface area contributed by atoms with E-state index in [4.69, 9.17) is 0 Å². The summed E-state index contributed by atoms with van der Waals surface area (Å²) >= 11 is 3.43. The topological polar surface area (TPSA) is 57.5 Å². The first-order valence-electron chi connectivity index (χ1n) is 28.4. The van der Waals surface area contributed by atoms with Crippen molar-refractivity contribution in [3.63, 3.8) is 0 Å². The molecule has 0 aromatic heterocycles. The van der Waals surface area contributed by atoms with E-state index in [0.717, 1.165) is 97.2 Å². The SMILES string of the molecule is Brc1ccc2c(c1)CC2.CC[SiH](CC)CC.O=C1c2ccccc2-c2ccccc21.OC1(c2ccc3c(c2)CC3)c2ccccc2-c2ccccc21.OC1(c2ccc3c(c2)CC3)c2ccccc2-c2ccccc21.[CH2-]CCC.[Li+]. The summed E-state index contributed by atoms with van der Waals surface area (Å²) < 4.78 is 1.21. The molecule has 0 aliphatic heterocycles. The minimum atomic E-state index is -1.03. The van der Waals surface area contributed by atoms with E-state index < -0.39 is 11.2 Å². The molecule has 9 aromatic carbocycles. The number of unbranched alkanes of at least 4 members (excludes halogenated alkanes) is 1. The van der Waals surface area contributed by atoms with E-state index >= 15 is 0 Å². The summed E-state index contributed by atoms with van der Waals surface area (Å²) in [5, 5.41) is 23.4. The Morgan fingerprint density at radius 2 is 0.684 bits per heavy atom. The van der Waals surface area contributed by atoms with Gasteiger partial charge in [0.2, 0.25) is 0 Å². The fourth-order valence-corrected chi connectivity index (χ4v) is 14.0. The number of fused-ring (bicyclic) bond motifs is 12. The quantitative estimate of drug-likeness (QED) is 0.129. The summed E-state index contributed by atoms with van der Waals surface area (Å²) in [5.74, 6) is 0.149. The summed E-state index contributed by atoms with van der Waals surface area (Å²) in [7, 11) is -0.171. The predicted molar refractivity (Wildman–Crippen MR) is 331 cm³/mol. The third-order valence-corrected chi connectivity index (χ3v) is 20.9. The Bertz CT molecular complexity index is 3320. The van der Waals surface area contributed by atoms with Gasteiger partial charge in [-0.25, -0.2) is 0 Å². The summed E-state index contributed by atoms with van der Waals surface area (Å²) in [6.07, 6.45) is 9.42. The van der Waals surface area contributed by atoms with Gasteiger partial charge in [-0.2, -0.15) is 6.42 Å². The fourth-order valence-electron chi connectivity index (χ4n) is 11.9. The Morgan fingerprint density at radius 1 is 0.405 bits per heavy atom. The molecule has 0 saturated heterocycles. The monoisotopic (exact) mass is 1110 g/mol. The Labute approximate surface area is 492 Å². The van der Waals surface area contributed by atoms with Crippen molar-refractivity contribution >= 4 is 30.5 Å². The van der Waals surface area contributed by atoms with Crippen molar-refractivity contribution in [1.82, 2.24) is 0 Å². The number of halogens is 1. The maximum absolute atomic E-state index is 11.9. The third-order valence-electron chi connectivity index (χ3n) is 17.0. The summed E-state index contributed by atoms with van der Waals surface area (Å²) in [6, 6.07) is 72.3. The molecule has 0 atom stereocenters. The molecule has 9 aromatic rings. The standard InChI is InChI=1S/2C21H16O.C13H8O.C8H7Br.C6H16Si.C4H9.Li/c2*22-21(16-12-11-14-9-10-15(14)13-16)19-7-3-1-5-17(19)18-6-2-4-8-20(18)21;14-13-11-7-3-1-5-9(11)10-6-2-4-8-12(10)13;9-8-4-3-6-1-2-7(6)5-8;1-4-7(5-2)6-3;1-3-4-2;/h2*1-8,11-13,22H,9-10H2;1-8H;3-5H,1-2H2;7H,4-6H2,1-3H3;1,3-4H2,2H3;/q;;;;;-1;+1. The Morgan fingerprint density at radius 3 is 0.937 bits per heavy atom. The number of carbonyl (C=O) groups excluding carboxylic acids is 1. The van der Waals surface area contributed by atoms with Gasteiger partial charge in [0, 0.05) is 46.7 Å². The smallest absolute Gasteiger partial charge is 0.376 e. The zero-order valence-corrected chi connectivity index (χ0v) is 49.5. The Hall–Kier alpha value is -6.14. The van der Waals surface area contributed by atoms with Gasteiger partial charge in [-0.05, 0) is 129 Å². The third kappa shape index (κ3) is 11.2. The largest absolute Gasteiger partial charge is 1.00 e. The van der Waals surface area contributed by atoms with Crippen LogP contribution < -0.4 is 18.9 Å². The molecule has 2 N–H and O–H groups in total. The van der Waals surface area contributed by atoms with Gasteiger partial charge in [-0.15, -0.1) is 0 Å². The molecule has 15 rings (SSSR count). The van der Waals surface area contributed by atoms with E-state index in [2.05, 4.69) is 154 Å². The van der Waals surface area contributed by atoms with Gasteiger partial charge in [0.1, 0.15) is 11.2 Å². The minimum absolute atomic E-state index is 0. The number of hydrogen-bond acceptors (Lipinski definition) is 3. The van der Waals surface area contributed by atoms with Gasteiger partial charge in [-0.1, -0.05) is 256 Å². The van der Waals surface area contributed by atoms with E-state index in [1.54, 1.807) is 0 Å². The van der Waals surface area contributed by atoms with Gasteiger partial charge in [0.05, 0.1) is 0 Å². The number of aryl methyl sites for hydroxylation is 6. The van der Waals surface area contributed by atoms with Crippen LogP contribution in [0.2, 0.25) is 18.1 Å². The molecular weight excluding hydrogens is 1040 g/mol. The van der Waals surface area contributed by atoms with E-state index in [-0.39, 0.29) is 33.4 Å². The Balaban J connectivity index is 0.000000124. The summed E-state index contributed by atoms with van der Waals surface area (Å²) in [6.45, 7) is 12.7. The van der Waals surface area contributed by atoms with E-state index in [1.807, 2.05) is 97.1 Å². The molecule has 0 radical (unpaired) electrons. The van der Waals surface area contributed by atoms with Gasteiger partial charge in [-0.3, -0.25) is 4.79 Å². The molecule has 79 heavy (non-hydrogen) atoms. The normalized spacial score (nSPS) is 14.3. The van der Waals surface area contributed by atoms with Crippen LogP contribution in [0.15, 0.2) is 205 Å². The maximum atomic E-state index is 11.9. The summed E-state index contributed by atoms with van der Waals surface area (Å²) in [5.41, 5.74) is 20.9. The second-order valence-electron chi connectivity index (χ2n) is 21.3. The second kappa shape index (κ2) is 25.5. The summed E-state index contributed by atoms with van der Waals surface area (Å²) in [4.78, 5) is 11.9. The van der Waals surface area contributed by atoms with Crippen molar-refractivity contribution in [2.45, 2.75) is 108 Å². The first kappa shape index (κ1) is 57.5. The zero-order valence-electron chi connectivity index (χ0n) is 46.8. The van der Waals surface area contributed by atoms with E-state index in [0.29, 0.717) is 0 Å².